The van der Waals surface area contributed by atoms with Gasteiger partial charge in [-0.3, -0.25) is 53.0 Å². The lowest BCUT2D eigenvalue weighted by atomic mass is 10.1. The van der Waals surface area contributed by atoms with Crippen molar-refractivity contribution in [2.75, 3.05) is 88.9 Å². The first-order valence-corrected chi connectivity index (χ1v) is 26.9. The number of rotatable bonds is 31. The van der Waals surface area contributed by atoms with Crippen molar-refractivity contribution in [2.45, 2.75) is 57.5 Å². The number of benzene rings is 1. The number of carbonyl (C=O) groups excluding carboxylic acids is 9. The van der Waals surface area contributed by atoms with E-state index in [1.54, 1.807) is 83.6 Å². The van der Waals surface area contributed by atoms with E-state index < -0.39 is 29.7 Å². The number of hydrogen-bond donors (Lipinski definition) is 6. The summed E-state index contributed by atoms with van der Waals surface area (Å²) in [4.78, 5) is 121. The first-order chi connectivity index (χ1) is 39.8. The van der Waals surface area contributed by atoms with E-state index >= 15 is 0 Å². The second-order valence-electron chi connectivity index (χ2n) is 19.8. The van der Waals surface area contributed by atoms with Crippen molar-refractivity contribution in [2.24, 2.45) is 26.1 Å². The van der Waals surface area contributed by atoms with Gasteiger partial charge >= 0.3 is 0 Å². The van der Waals surface area contributed by atoms with Gasteiger partial charge in [0.1, 0.15) is 22.8 Å². The Morgan fingerprint density at radius 3 is 1.93 bits per heavy atom. The molecule has 9 amide bonds. The van der Waals surface area contributed by atoms with Crippen LogP contribution >= 0.6 is 0 Å². The fraction of sp³-hybridized carbons (Fsp3) is 0.404. The SMILES string of the molecule is C=C1CC2C=Nc3cc(OCCCC(=O)Nc4cc(C(=O)Nc5cc(C(=O)Nc6cc(C(=O)NCCCOC(=C)[C@H](C)NC(=O)CCOCCOCCNC(=O)CCN7C(=O)C=CC7=O)n(C)c6)n(C)c5)n(C)c4)c(OC)cc3C(=O)N2C1. The summed E-state index contributed by atoms with van der Waals surface area (Å²) < 4.78 is 32.8. The van der Waals surface area contributed by atoms with E-state index in [1.165, 1.54) is 37.5 Å². The average molecular weight is 1150 g/mol. The number of aromatic nitrogens is 3. The predicted molar refractivity (Wildman–Crippen MR) is 305 cm³/mol. The zero-order valence-corrected chi connectivity index (χ0v) is 47.1. The first-order valence-electron chi connectivity index (χ1n) is 26.9. The lowest BCUT2D eigenvalue weighted by Crippen LogP contribution is -2.35. The molecule has 1 aromatic carbocycles. The smallest absolute Gasteiger partial charge is 0.272 e. The molecule has 0 bridgehead atoms. The van der Waals surface area contributed by atoms with Crippen molar-refractivity contribution in [3.8, 4) is 11.5 Å². The summed E-state index contributed by atoms with van der Waals surface area (Å²) in [5.41, 5.74) is 3.73. The standard InChI is InChI=1S/C57H70N12O14/c1-35-24-41-30-60-43-29-48(47(79-7)28-42(43)57(78)69(41)31-35)83-18-8-10-50(71)62-38-25-45(66(5)32-38)55(76)64-40-27-46(67(6)34-40)56(77)63-39-26-44(65(4)33-39)54(75)59-15-9-19-82-37(3)36(2)61-51(72)14-20-80-22-23-81-21-16-58-49(70)13-17-68-52(73)11-12-53(68)74/h11-12,25-30,32-34,36,41H,1,3,8-10,13-24,31H2,2,4-7H3,(H,58,70)(H,59,75)(H,61,72)(H,62,71)(H,63,77)(H,64,76)/t36-,41?/m0/s1. The number of ether oxygens (including phenoxy) is 5. The van der Waals surface area contributed by atoms with Gasteiger partial charge in [0.15, 0.2) is 11.5 Å². The van der Waals surface area contributed by atoms with Gasteiger partial charge in [0, 0.05) is 110 Å². The molecule has 83 heavy (non-hydrogen) atoms. The Morgan fingerprint density at radius 1 is 0.675 bits per heavy atom. The summed E-state index contributed by atoms with van der Waals surface area (Å²) >= 11 is 0. The number of aryl methyl sites for hydroxylation is 3. The van der Waals surface area contributed by atoms with E-state index in [0.717, 1.165) is 10.5 Å². The molecule has 26 heteroatoms. The lowest BCUT2D eigenvalue weighted by molar-refractivity contribution is -0.137. The Labute approximate surface area is 479 Å². The molecule has 1 saturated heterocycles. The van der Waals surface area contributed by atoms with Crippen LogP contribution in [0.15, 0.2) is 90.6 Å². The highest BCUT2D eigenvalue weighted by Gasteiger charge is 2.34. The monoisotopic (exact) mass is 1150 g/mol. The van der Waals surface area contributed by atoms with Gasteiger partial charge in [-0.2, -0.15) is 0 Å². The molecule has 1 unspecified atom stereocenters. The number of fused-ring (bicyclic) bond motifs is 2. The molecular weight excluding hydrogens is 1080 g/mol. The van der Waals surface area contributed by atoms with Crippen molar-refractivity contribution < 1.29 is 66.8 Å². The summed E-state index contributed by atoms with van der Waals surface area (Å²) in [5.74, 6) is -2.15. The number of carbonyl (C=O) groups is 9. The first kappa shape index (κ1) is 61.3. The maximum Gasteiger partial charge on any atom is 0.272 e. The molecule has 2 atom stereocenters. The van der Waals surface area contributed by atoms with E-state index in [9.17, 15) is 43.2 Å². The van der Waals surface area contributed by atoms with Gasteiger partial charge in [-0.05, 0) is 50.5 Å². The molecule has 0 radical (unpaired) electrons. The van der Waals surface area contributed by atoms with Crippen LogP contribution in [0.4, 0.5) is 22.7 Å². The molecule has 0 aliphatic carbocycles. The Balaban J connectivity index is 0.742. The van der Waals surface area contributed by atoms with E-state index in [4.69, 9.17) is 23.7 Å². The normalized spacial score (nSPS) is 14.6. The molecule has 3 aliphatic rings. The van der Waals surface area contributed by atoms with Crippen LogP contribution in [0.2, 0.25) is 0 Å². The van der Waals surface area contributed by atoms with Crippen LogP contribution in [0.25, 0.3) is 0 Å². The molecule has 6 N–H and O–H groups in total. The van der Waals surface area contributed by atoms with Gasteiger partial charge in [0.05, 0.1) is 87.1 Å². The number of nitrogens with zero attached hydrogens (tertiary/aromatic N) is 6. The molecule has 4 aromatic rings. The average Bonchev–Trinajstić information content (AvgIpc) is 4.29. The lowest BCUT2D eigenvalue weighted by Gasteiger charge is -2.20. The zero-order valence-electron chi connectivity index (χ0n) is 47.1. The molecule has 0 saturated carbocycles. The largest absolute Gasteiger partial charge is 0.496 e. The highest BCUT2D eigenvalue weighted by molar-refractivity contribution is 6.13. The summed E-state index contributed by atoms with van der Waals surface area (Å²) in [7, 11) is 6.47. The minimum Gasteiger partial charge on any atom is -0.496 e. The number of hydrogen-bond acceptors (Lipinski definition) is 15. The number of anilines is 3. The van der Waals surface area contributed by atoms with Crippen LogP contribution in [0, 0.1) is 0 Å². The number of methoxy groups -OCH3 is 1. The summed E-state index contributed by atoms with van der Waals surface area (Å²) in [6.45, 7) is 11.9. The van der Waals surface area contributed by atoms with Crippen molar-refractivity contribution >= 4 is 82.1 Å². The van der Waals surface area contributed by atoms with Gasteiger partial charge in [-0.25, -0.2) is 0 Å². The topological polar surface area (TPSA) is 306 Å². The number of imide groups is 1. The molecule has 7 rings (SSSR count). The minimum absolute atomic E-state index is 0.00526. The van der Waals surface area contributed by atoms with Crippen molar-refractivity contribution in [3.63, 3.8) is 0 Å². The minimum atomic E-state index is -0.490. The molecule has 1 fully saturated rings. The second-order valence-corrected chi connectivity index (χ2v) is 19.8. The van der Waals surface area contributed by atoms with E-state index in [0.29, 0.717) is 71.4 Å². The fourth-order valence-corrected chi connectivity index (χ4v) is 9.00. The summed E-state index contributed by atoms with van der Waals surface area (Å²) in [6, 6.07) is 7.24. The molecule has 26 nitrogen and oxygen atoms in total. The summed E-state index contributed by atoms with van der Waals surface area (Å²) in [6.07, 6.45) is 10.5. The van der Waals surface area contributed by atoms with Crippen molar-refractivity contribution in [3.05, 3.63) is 108 Å². The van der Waals surface area contributed by atoms with Crippen molar-refractivity contribution in [1.82, 2.24) is 39.5 Å². The predicted octanol–water partition coefficient (Wildman–Crippen LogP) is 3.51. The van der Waals surface area contributed by atoms with E-state index in [-0.39, 0.29) is 131 Å². The second kappa shape index (κ2) is 28.9. The third kappa shape index (κ3) is 16.9. The Kier molecular flexibility index (Phi) is 21.4. The van der Waals surface area contributed by atoms with E-state index in [2.05, 4.69) is 50.1 Å². The maximum absolute atomic E-state index is 13.4. The third-order valence-electron chi connectivity index (χ3n) is 13.4. The van der Waals surface area contributed by atoms with Gasteiger partial charge in [0.2, 0.25) is 17.7 Å². The molecule has 3 aliphatic heterocycles. The quantitative estimate of drug-likeness (QED) is 0.0182. The highest BCUT2D eigenvalue weighted by Crippen LogP contribution is 2.38. The molecule has 3 aromatic heterocycles. The Morgan fingerprint density at radius 2 is 1.29 bits per heavy atom. The van der Waals surface area contributed by atoms with Gasteiger partial charge in [-0.15, -0.1) is 0 Å². The molecular formula is C57H70N12O14. The molecule has 442 valence electrons. The fourth-order valence-electron chi connectivity index (χ4n) is 9.00. The van der Waals surface area contributed by atoms with Crippen LogP contribution in [-0.4, -0.2) is 168 Å². The molecule has 6 heterocycles. The number of aliphatic imine (C=N–C) groups is 1. The zero-order chi connectivity index (χ0) is 59.7. The maximum atomic E-state index is 13.4. The van der Waals surface area contributed by atoms with E-state index in [1.807, 2.05) is 0 Å². The highest BCUT2D eigenvalue weighted by atomic mass is 16.5. The van der Waals surface area contributed by atoms with Crippen molar-refractivity contribution in [1.29, 1.82) is 0 Å². The Bertz CT molecular complexity index is 3190. The Hall–Kier alpha value is -9.30. The van der Waals surface area contributed by atoms with Crippen LogP contribution in [0.5, 0.6) is 11.5 Å². The number of amides is 9. The summed E-state index contributed by atoms with van der Waals surface area (Å²) in [5, 5.41) is 16.7. The van der Waals surface area contributed by atoms with Gasteiger partial charge in [0.25, 0.3) is 35.4 Å². The van der Waals surface area contributed by atoms with Crippen LogP contribution in [0.3, 0.4) is 0 Å². The number of nitrogens with one attached hydrogen (secondary N) is 6. The van der Waals surface area contributed by atoms with Gasteiger partial charge < -0.3 is 74.2 Å². The van der Waals surface area contributed by atoms with Crippen LogP contribution < -0.4 is 41.4 Å². The third-order valence-corrected chi connectivity index (χ3v) is 13.4. The van der Waals surface area contributed by atoms with Crippen LogP contribution in [0.1, 0.15) is 87.3 Å². The molecule has 0 spiro atoms. The van der Waals surface area contributed by atoms with Crippen LogP contribution in [-0.2, 0) is 59.3 Å². The van der Waals surface area contributed by atoms with Gasteiger partial charge in [-0.1, -0.05) is 18.7 Å².